The van der Waals surface area contributed by atoms with Crippen LogP contribution >= 0.6 is 0 Å². The molecule has 0 saturated carbocycles. The zero-order valence-electron chi connectivity index (χ0n) is 15.1. The first-order valence-electron chi connectivity index (χ1n) is 8.84. The lowest BCUT2D eigenvalue weighted by Crippen LogP contribution is -2.28. The minimum absolute atomic E-state index is 0.298. The van der Waals surface area contributed by atoms with E-state index in [2.05, 4.69) is 4.98 Å². The van der Waals surface area contributed by atoms with E-state index in [1.165, 1.54) is 0 Å². The van der Waals surface area contributed by atoms with Gasteiger partial charge in [-0.1, -0.05) is 18.2 Å². The number of hydrogen-bond acceptors (Lipinski definition) is 5. The summed E-state index contributed by atoms with van der Waals surface area (Å²) in [4.78, 5) is 16.4. The molecule has 4 rings (SSSR count). The Morgan fingerprint density at radius 2 is 1.81 bits per heavy atom. The fourth-order valence-corrected chi connectivity index (χ4v) is 3.21. The molecular formula is C21H20N2O4. The molecule has 0 bridgehead atoms. The Hall–Kier alpha value is -3.28. The smallest absolute Gasteiger partial charge is 0.351 e. The van der Waals surface area contributed by atoms with Crippen LogP contribution in [0.3, 0.4) is 0 Å². The molecule has 0 fully saturated rings. The van der Waals surface area contributed by atoms with Crippen molar-refractivity contribution in [1.29, 1.82) is 0 Å². The molecule has 0 amide bonds. The topological polar surface area (TPSA) is 62.6 Å². The number of benzene rings is 2. The van der Waals surface area contributed by atoms with Crippen molar-refractivity contribution >= 4 is 0 Å². The zero-order chi connectivity index (χ0) is 18.6. The number of para-hydroxylation sites is 1. The lowest BCUT2D eigenvalue weighted by atomic mass is 9.97. The number of hydrogen-bond donors (Lipinski definition) is 0. The van der Waals surface area contributed by atoms with Gasteiger partial charge in [0.15, 0.2) is 0 Å². The van der Waals surface area contributed by atoms with Gasteiger partial charge in [0.05, 0.1) is 12.8 Å². The highest BCUT2D eigenvalue weighted by Gasteiger charge is 2.19. The Balaban J connectivity index is 1.51. The molecule has 0 radical (unpaired) electrons. The van der Waals surface area contributed by atoms with Crippen molar-refractivity contribution in [1.82, 2.24) is 9.55 Å². The lowest BCUT2D eigenvalue weighted by Gasteiger charge is -2.22. The van der Waals surface area contributed by atoms with Gasteiger partial charge in [-0.2, -0.15) is 4.98 Å². The molecule has 0 N–H and O–H groups in total. The highest BCUT2D eigenvalue weighted by atomic mass is 16.5. The third-order valence-electron chi connectivity index (χ3n) is 4.53. The molecule has 3 aromatic rings. The highest BCUT2D eigenvalue weighted by Crippen LogP contribution is 2.32. The van der Waals surface area contributed by atoms with Gasteiger partial charge in [0.25, 0.3) is 0 Å². The number of aryl methyl sites for hydroxylation is 1. The molecule has 1 aliphatic rings. The number of aromatic nitrogens is 2. The van der Waals surface area contributed by atoms with E-state index in [4.69, 9.17) is 14.2 Å². The molecule has 0 aliphatic carbocycles. The standard InChI is InChI=1S/C21H20N2O4/c1-25-17-7-8-18-15(13-17)9-10-23-19(18)14-20(22-21(23)24)27-12-11-26-16-5-3-2-4-6-16/h2-8,13-14H,9-12H2,1H3. The van der Waals surface area contributed by atoms with Gasteiger partial charge in [0, 0.05) is 18.2 Å². The molecule has 6 heteroatoms. The van der Waals surface area contributed by atoms with Crippen LogP contribution in [-0.2, 0) is 13.0 Å². The van der Waals surface area contributed by atoms with Gasteiger partial charge in [0.1, 0.15) is 24.7 Å². The van der Waals surface area contributed by atoms with Crippen molar-refractivity contribution < 1.29 is 14.2 Å². The van der Waals surface area contributed by atoms with Gasteiger partial charge in [0.2, 0.25) is 5.88 Å². The predicted molar refractivity (Wildman–Crippen MR) is 102 cm³/mol. The van der Waals surface area contributed by atoms with Crippen molar-refractivity contribution in [2.24, 2.45) is 0 Å². The van der Waals surface area contributed by atoms with E-state index in [1.54, 1.807) is 11.7 Å². The summed E-state index contributed by atoms with van der Waals surface area (Å²) in [5, 5.41) is 0. The SMILES string of the molecule is COc1ccc2c(c1)CCn1c-2cc(OCCOc2ccccc2)nc1=O. The fourth-order valence-electron chi connectivity index (χ4n) is 3.21. The van der Waals surface area contributed by atoms with Gasteiger partial charge in [-0.15, -0.1) is 0 Å². The van der Waals surface area contributed by atoms with Crippen LogP contribution in [0, 0.1) is 0 Å². The first kappa shape index (κ1) is 17.1. The molecular weight excluding hydrogens is 344 g/mol. The largest absolute Gasteiger partial charge is 0.497 e. The maximum absolute atomic E-state index is 12.4. The Morgan fingerprint density at radius 3 is 2.63 bits per heavy atom. The summed E-state index contributed by atoms with van der Waals surface area (Å²) in [6, 6.07) is 17.2. The third kappa shape index (κ3) is 3.65. The summed E-state index contributed by atoms with van der Waals surface area (Å²) in [5.41, 5.74) is 2.68. The molecule has 27 heavy (non-hydrogen) atoms. The average molecular weight is 364 g/mol. The maximum Gasteiger partial charge on any atom is 0.351 e. The second-order valence-electron chi connectivity index (χ2n) is 6.20. The van der Waals surface area contributed by atoms with E-state index < -0.39 is 0 Å². The molecule has 0 atom stereocenters. The molecule has 0 spiro atoms. The molecule has 1 aliphatic heterocycles. The van der Waals surface area contributed by atoms with Crippen molar-refractivity contribution in [2.45, 2.75) is 13.0 Å². The van der Waals surface area contributed by atoms with E-state index in [1.807, 2.05) is 54.6 Å². The number of rotatable bonds is 6. The molecule has 0 unspecified atom stereocenters. The van der Waals surface area contributed by atoms with Crippen LogP contribution in [0.1, 0.15) is 5.56 Å². The summed E-state index contributed by atoms with van der Waals surface area (Å²) in [6.45, 7) is 1.27. The lowest BCUT2D eigenvalue weighted by molar-refractivity contribution is 0.211. The van der Waals surface area contributed by atoms with Gasteiger partial charge in [-0.25, -0.2) is 4.79 Å². The maximum atomic E-state index is 12.4. The van der Waals surface area contributed by atoms with Crippen LogP contribution < -0.4 is 19.9 Å². The van der Waals surface area contributed by atoms with Crippen molar-refractivity contribution in [3.8, 4) is 28.6 Å². The minimum Gasteiger partial charge on any atom is -0.497 e. The summed E-state index contributed by atoms with van der Waals surface area (Å²) in [5.74, 6) is 1.90. The molecule has 0 saturated heterocycles. The van der Waals surface area contributed by atoms with Gasteiger partial charge in [-0.3, -0.25) is 4.57 Å². The predicted octanol–water partition coefficient (Wildman–Crippen LogP) is 2.93. The number of ether oxygens (including phenoxy) is 3. The first-order chi connectivity index (χ1) is 13.2. The Kier molecular flexibility index (Phi) is 4.78. The monoisotopic (exact) mass is 364 g/mol. The van der Waals surface area contributed by atoms with Crippen LogP contribution in [-0.4, -0.2) is 29.9 Å². The summed E-state index contributed by atoms with van der Waals surface area (Å²) in [6.07, 6.45) is 0.770. The van der Waals surface area contributed by atoms with Crippen LogP contribution in [0.15, 0.2) is 59.4 Å². The zero-order valence-corrected chi connectivity index (χ0v) is 15.1. The molecule has 2 heterocycles. The fraction of sp³-hybridized carbons (Fsp3) is 0.238. The van der Waals surface area contributed by atoms with Crippen molar-refractivity contribution in [2.75, 3.05) is 20.3 Å². The Bertz CT molecular complexity index is 999. The van der Waals surface area contributed by atoms with E-state index in [-0.39, 0.29) is 5.69 Å². The average Bonchev–Trinajstić information content (AvgIpc) is 2.71. The van der Waals surface area contributed by atoms with Crippen LogP contribution in [0.5, 0.6) is 17.4 Å². The molecule has 6 nitrogen and oxygen atoms in total. The number of methoxy groups -OCH3 is 1. The second-order valence-corrected chi connectivity index (χ2v) is 6.20. The van der Waals surface area contributed by atoms with E-state index >= 15 is 0 Å². The van der Waals surface area contributed by atoms with Crippen LogP contribution in [0.4, 0.5) is 0 Å². The van der Waals surface area contributed by atoms with Crippen LogP contribution in [0.25, 0.3) is 11.3 Å². The minimum atomic E-state index is -0.298. The van der Waals surface area contributed by atoms with Crippen molar-refractivity contribution in [3.63, 3.8) is 0 Å². The van der Waals surface area contributed by atoms with Crippen molar-refractivity contribution in [3.05, 3.63) is 70.6 Å². The van der Waals surface area contributed by atoms with E-state index in [0.29, 0.717) is 25.6 Å². The Labute approximate surface area is 157 Å². The molecule has 2 aromatic carbocycles. The van der Waals surface area contributed by atoms with Gasteiger partial charge in [-0.05, 0) is 42.3 Å². The summed E-state index contributed by atoms with van der Waals surface area (Å²) in [7, 11) is 1.65. The van der Waals surface area contributed by atoms with E-state index in [9.17, 15) is 4.79 Å². The van der Waals surface area contributed by atoms with E-state index in [0.717, 1.165) is 34.7 Å². The number of fused-ring (bicyclic) bond motifs is 3. The van der Waals surface area contributed by atoms with Gasteiger partial charge >= 0.3 is 5.69 Å². The summed E-state index contributed by atoms with van der Waals surface area (Å²) >= 11 is 0. The highest BCUT2D eigenvalue weighted by molar-refractivity contribution is 5.67. The quantitative estimate of drug-likeness (QED) is 0.630. The molecule has 138 valence electrons. The first-order valence-corrected chi connectivity index (χ1v) is 8.84. The van der Waals surface area contributed by atoms with Gasteiger partial charge < -0.3 is 14.2 Å². The second kappa shape index (κ2) is 7.53. The summed E-state index contributed by atoms with van der Waals surface area (Å²) < 4.78 is 18.2. The molecule has 1 aromatic heterocycles. The number of nitrogens with zero attached hydrogens (tertiary/aromatic N) is 2. The van der Waals surface area contributed by atoms with Crippen LogP contribution in [0.2, 0.25) is 0 Å². The Morgan fingerprint density at radius 1 is 1.00 bits per heavy atom. The third-order valence-corrected chi connectivity index (χ3v) is 4.53. The normalized spacial score (nSPS) is 12.0.